The Hall–Kier alpha value is -4.09. The molecule has 196 valence electrons. The van der Waals surface area contributed by atoms with Gasteiger partial charge in [0.1, 0.15) is 11.6 Å². The molecule has 0 heterocycles. The molecule has 2 amide bonds. The van der Waals surface area contributed by atoms with Crippen LogP contribution in [0.4, 0.5) is 11.4 Å². The molecule has 0 fully saturated rings. The van der Waals surface area contributed by atoms with Crippen molar-refractivity contribution >= 4 is 45.2 Å². The smallest absolute Gasteiger partial charge is 0.266 e. The monoisotopic (exact) mass is 575 g/mol. The topological polar surface area (TPSA) is 100 Å². The van der Waals surface area contributed by atoms with E-state index in [0.717, 1.165) is 27.9 Å². The molecule has 0 unspecified atom stereocenters. The number of nitriles is 1. The van der Waals surface area contributed by atoms with E-state index in [9.17, 15) is 14.9 Å². The highest BCUT2D eigenvalue weighted by Gasteiger charge is 2.17. The Bertz CT molecular complexity index is 1440. The zero-order chi connectivity index (χ0) is 27.8. The lowest BCUT2D eigenvalue weighted by Crippen LogP contribution is -2.21. The van der Waals surface area contributed by atoms with Crippen molar-refractivity contribution in [2.24, 2.45) is 0 Å². The second kappa shape index (κ2) is 12.9. The summed E-state index contributed by atoms with van der Waals surface area (Å²) in [6.07, 6.45) is 1.48. The quantitative estimate of drug-likeness (QED) is 0.220. The molecule has 38 heavy (non-hydrogen) atoms. The fourth-order valence-corrected chi connectivity index (χ4v) is 4.23. The highest BCUT2D eigenvalue weighted by Crippen LogP contribution is 2.37. The molecule has 0 aliphatic heterocycles. The molecule has 8 heteroatoms. The molecule has 2 N–H and O–H groups in total. The van der Waals surface area contributed by atoms with E-state index < -0.39 is 5.91 Å². The maximum atomic E-state index is 12.8. The van der Waals surface area contributed by atoms with Crippen LogP contribution in [0.5, 0.6) is 11.5 Å². The summed E-state index contributed by atoms with van der Waals surface area (Å²) in [6.45, 7) is 9.68. The number of nitrogens with zero attached hydrogens (tertiary/aromatic N) is 1. The summed E-state index contributed by atoms with van der Waals surface area (Å²) in [5.74, 6) is -0.107. The molecular weight excluding hydrogens is 546 g/mol. The third-order valence-corrected chi connectivity index (χ3v) is 6.46. The second-order valence-electron chi connectivity index (χ2n) is 8.79. The lowest BCUT2D eigenvalue weighted by atomic mass is 10.1. The summed E-state index contributed by atoms with van der Waals surface area (Å²) in [6, 6.07) is 16.8. The Morgan fingerprint density at radius 1 is 0.974 bits per heavy atom. The number of carbonyl (C=O) groups excluding carboxylic acids is 2. The number of halogens is 1. The summed E-state index contributed by atoms with van der Waals surface area (Å²) in [5.41, 5.74) is 5.82. The number of ether oxygens (including phenoxy) is 2. The molecule has 7 nitrogen and oxygen atoms in total. The second-order valence-corrected chi connectivity index (χ2v) is 9.64. The summed E-state index contributed by atoms with van der Waals surface area (Å²) in [7, 11) is 0. The maximum Gasteiger partial charge on any atom is 0.266 e. The fourth-order valence-electron chi connectivity index (χ4n) is 3.66. The Balaban J connectivity index is 1.80. The zero-order valence-corrected chi connectivity index (χ0v) is 23.7. The van der Waals surface area contributed by atoms with Crippen molar-refractivity contribution in [2.45, 2.75) is 34.6 Å². The minimum Gasteiger partial charge on any atom is -0.490 e. The minimum absolute atomic E-state index is 0.0678. The van der Waals surface area contributed by atoms with Crippen LogP contribution < -0.4 is 20.1 Å². The molecule has 0 atom stereocenters. The average molecular weight is 576 g/mol. The molecule has 3 aromatic rings. The Labute approximate surface area is 231 Å². The first-order valence-electron chi connectivity index (χ1n) is 12.1. The molecule has 0 aromatic heterocycles. The van der Waals surface area contributed by atoms with E-state index in [4.69, 9.17) is 9.47 Å². The first-order chi connectivity index (χ1) is 18.1. The molecular formula is C30H30BrN3O4. The van der Waals surface area contributed by atoms with E-state index in [2.05, 4.69) is 26.6 Å². The number of amides is 2. The van der Waals surface area contributed by atoms with Gasteiger partial charge in [-0.05, 0) is 109 Å². The molecule has 0 aliphatic rings. The number of hydrogen-bond acceptors (Lipinski definition) is 5. The lowest BCUT2D eigenvalue weighted by molar-refractivity contribution is -0.118. The number of carbonyl (C=O) groups is 2. The molecule has 3 aromatic carbocycles. The van der Waals surface area contributed by atoms with Crippen molar-refractivity contribution in [3.8, 4) is 17.6 Å². The van der Waals surface area contributed by atoms with E-state index in [1.54, 1.807) is 18.2 Å². The third-order valence-electron chi connectivity index (χ3n) is 5.88. The molecule has 0 aliphatic carbocycles. The standard InChI is InChI=1S/C30H30BrN3O4/c1-6-37-27-15-22(13-23(16-32)30(36)34-25-9-7-8-19(3)21(25)5)14-24(31)29(27)38-17-28(35)33-26-12-18(2)10-11-20(26)4/h7-15H,6,17H2,1-5H3,(H,33,35)(H,34,36)/b23-13-. The number of hydrogen-bond donors (Lipinski definition) is 2. The number of benzene rings is 3. The van der Waals surface area contributed by atoms with E-state index in [1.807, 2.05) is 71.0 Å². The Kier molecular flexibility index (Phi) is 9.69. The van der Waals surface area contributed by atoms with Gasteiger partial charge in [-0.25, -0.2) is 0 Å². The Morgan fingerprint density at radius 2 is 1.74 bits per heavy atom. The fraction of sp³-hybridized carbons (Fsp3) is 0.233. The number of anilines is 2. The molecule has 0 saturated carbocycles. The number of nitrogens with one attached hydrogen (secondary N) is 2. The van der Waals surface area contributed by atoms with Gasteiger partial charge in [0, 0.05) is 11.4 Å². The molecule has 0 spiro atoms. The minimum atomic E-state index is -0.515. The van der Waals surface area contributed by atoms with Gasteiger partial charge in [0.05, 0.1) is 11.1 Å². The van der Waals surface area contributed by atoms with Crippen LogP contribution in [0.15, 0.2) is 58.6 Å². The predicted octanol–water partition coefficient (Wildman–Crippen LogP) is 6.64. The van der Waals surface area contributed by atoms with Crippen molar-refractivity contribution in [3.05, 3.63) is 86.4 Å². The molecule has 0 saturated heterocycles. The van der Waals surface area contributed by atoms with Crippen LogP contribution in [-0.2, 0) is 9.59 Å². The lowest BCUT2D eigenvalue weighted by Gasteiger charge is -2.15. The number of rotatable bonds is 9. The molecule has 0 radical (unpaired) electrons. The summed E-state index contributed by atoms with van der Waals surface area (Å²) in [4.78, 5) is 25.4. The first kappa shape index (κ1) is 28.5. The van der Waals surface area contributed by atoms with Crippen LogP contribution in [-0.4, -0.2) is 25.0 Å². The maximum absolute atomic E-state index is 12.8. The highest BCUT2D eigenvalue weighted by molar-refractivity contribution is 9.10. The summed E-state index contributed by atoms with van der Waals surface area (Å²) in [5, 5.41) is 15.3. The van der Waals surface area contributed by atoms with Crippen LogP contribution in [0.25, 0.3) is 6.08 Å². The Morgan fingerprint density at radius 3 is 2.45 bits per heavy atom. The van der Waals surface area contributed by atoms with Gasteiger partial charge in [0.15, 0.2) is 18.1 Å². The zero-order valence-electron chi connectivity index (χ0n) is 22.1. The largest absolute Gasteiger partial charge is 0.490 e. The van der Waals surface area contributed by atoms with Crippen molar-refractivity contribution in [1.29, 1.82) is 5.26 Å². The van der Waals surface area contributed by atoms with E-state index >= 15 is 0 Å². The van der Waals surface area contributed by atoms with Crippen molar-refractivity contribution in [3.63, 3.8) is 0 Å². The van der Waals surface area contributed by atoms with Gasteiger partial charge in [0.2, 0.25) is 0 Å². The van der Waals surface area contributed by atoms with Gasteiger partial charge in [-0.15, -0.1) is 0 Å². The van der Waals surface area contributed by atoms with Gasteiger partial charge in [-0.2, -0.15) is 5.26 Å². The first-order valence-corrected chi connectivity index (χ1v) is 12.9. The van der Waals surface area contributed by atoms with Gasteiger partial charge >= 0.3 is 0 Å². The summed E-state index contributed by atoms with van der Waals surface area (Å²) < 4.78 is 12.1. The van der Waals surface area contributed by atoms with Crippen molar-refractivity contribution in [1.82, 2.24) is 0 Å². The predicted molar refractivity (Wildman–Crippen MR) is 153 cm³/mol. The van der Waals surface area contributed by atoms with Crippen LogP contribution in [0, 0.1) is 39.0 Å². The average Bonchev–Trinajstić information content (AvgIpc) is 2.87. The van der Waals surface area contributed by atoms with Gasteiger partial charge in [0.25, 0.3) is 11.8 Å². The van der Waals surface area contributed by atoms with Gasteiger partial charge < -0.3 is 20.1 Å². The molecule has 0 bridgehead atoms. The van der Waals surface area contributed by atoms with E-state index in [0.29, 0.717) is 33.8 Å². The normalized spacial score (nSPS) is 10.9. The SMILES string of the molecule is CCOc1cc(/C=C(/C#N)C(=O)Nc2cccc(C)c2C)cc(Br)c1OCC(=O)Nc1cc(C)ccc1C. The van der Waals surface area contributed by atoms with Crippen LogP contribution in [0.1, 0.15) is 34.7 Å². The van der Waals surface area contributed by atoms with Gasteiger partial charge in [-0.1, -0.05) is 24.3 Å². The van der Waals surface area contributed by atoms with E-state index in [1.165, 1.54) is 6.08 Å². The summed E-state index contributed by atoms with van der Waals surface area (Å²) >= 11 is 3.48. The molecule has 3 rings (SSSR count). The van der Waals surface area contributed by atoms with Crippen molar-refractivity contribution < 1.29 is 19.1 Å². The number of aryl methyl sites for hydroxylation is 3. The van der Waals surface area contributed by atoms with Crippen molar-refractivity contribution in [2.75, 3.05) is 23.8 Å². The van der Waals surface area contributed by atoms with Crippen LogP contribution >= 0.6 is 15.9 Å². The van der Waals surface area contributed by atoms with Crippen LogP contribution in [0.2, 0.25) is 0 Å². The van der Waals surface area contributed by atoms with E-state index in [-0.39, 0.29) is 18.1 Å². The van der Waals surface area contributed by atoms with Crippen LogP contribution in [0.3, 0.4) is 0 Å². The highest BCUT2D eigenvalue weighted by atomic mass is 79.9. The van der Waals surface area contributed by atoms with Gasteiger partial charge in [-0.3, -0.25) is 9.59 Å². The third kappa shape index (κ3) is 7.24.